The number of hydrogen-bond acceptors (Lipinski definition) is 4. The average molecular weight is 508 g/mol. The summed E-state index contributed by atoms with van der Waals surface area (Å²) in [7, 11) is 1.38. The van der Waals surface area contributed by atoms with Crippen LogP contribution in [0.25, 0.3) is 0 Å². The van der Waals surface area contributed by atoms with Gasteiger partial charge in [0, 0.05) is 20.6 Å². The van der Waals surface area contributed by atoms with E-state index in [4.69, 9.17) is 17.0 Å². The number of rotatable bonds is 5. The number of halogens is 1. The molecule has 0 radical (unpaired) electrons. The Labute approximate surface area is 181 Å². The highest BCUT2D eigenvalue weighted by Gasteiger charge is 2.18. The van der Waals surface area contributed by atoms with Gasteiger partial charge in [0.25, 0.3) is 0 Å². The molecule has 0 amide bonds. The van der Waals surface area contributed by atoms with Crippen LogP contribution >= 0.6 is 46.1 Å². The summed E-state index contributed by atoms with van der Waals surface area (Å²) in [5, 5.41) is 7.37. The van der Waals surface area contributed by atoms with Gasteiger partial charge in [-0.15, -0.1) is 11.3 Å². The van der Waals surface area contributed by atoms with Gasteiger partial charge in [0.2, 0.25) is 0 Å². The molecule has 0 fully saturated rings. The van der Waals surface area contributed by atoms with Gasteiger partial charge in [-0.3, -0.25) is 0 Å². The molecule has 0 spiro atoms. The fourth-order valence-electron chi connectivity index (χ4n) is 2.48. The van der Waals surface area contributed by atoms with Crippen LogP contribution in [-0.4, -0.2) is 18.2 Å². The van der Waals surface area contributed by atoms with E-state index >= 15 is 0 Å². The second-order valence-corrected chi connectivity index (χ2v) is 8.49. The average Bonchev–Trinajstić information content (AvgIpc) is 3.05. The number of carbonyl (C=O) groups is 1. The Bertz CT molecular complexity index is 940. The first-order valence-electron chi connectivity index (χ1n) is 8.13. The fraction of sp³-hybridized carbons (Fsp3) is 0.100. The first kappa shape index (κ1) is 19.8. The molecule has 138 valence electrons. The van der Waals surface area contributed by atoms with E-state index in [0.29, 0.717) is 15.7 Å². The van der Waals surface area contributed by atoms with Crippen LogP contribution in [0.2, 0.25) is 0 Å². The van der Waals surface area contributed by atoms with Gasteiger partial charge >= 0.3 is 5.97 Å². The van der Waals surface area contributed by atoms with Gasteiger partial charge in [0.05, 0.1) is 12.7 Å². The molecule has 1 heterocycles. The van der Waals surface area contributed by atoms with Gasteiger partial charge in [-0.05, 0) is 70.7 Å². The van der Waals surface area contributed by atoms with Crippen molar-refractivity contribution in [3.05, 3.63) is 80.2 Å². The molecule has 0 bridgehead atoms. The van der Waals surface area contributed by atoms with Crippen molar-refractivity contribution in [1.29, 1.82) is 0 Å². The maximum absolute atomic E-state index is 12.2. The van der Waals surface area contributed by atoms with Crippen molar-refractivity contribution in [3.8, 4) is 0 Å². The lowest BCUT2D eigenvalue weighted by Gasteiger charge is -2.10. The zero-order valence-corrected chi connectivity index (χ0v) is 18.3. The third-order valence-corrected chi connectivity index (χ3v) is 5.71. The van der Waals surface area contributed by atoms with Crippen molar-refractivity contribution in [2.75, 3.05) is 17.7 Å². The summed E-state index contributed by atoms with van der Waals surface area (Å²) in [6.45, 7) is 0. The Morgan fingerprint density at radius 3 is 2.48 bits per heavy atom. The number of anilines is 2. The van der Waals surface area contributed by atoms with E-state index < -0.39 is 0 Å². The van der Waals surface area contributed by atoms with Crippen LogP contribution in [0.5, 0.6) is 0 Å². The van der Waals surface area contributed by atoms with Crippen LogP contribution in [0.1, 0.15) is 20.8 Å². The summed E-state index contributed by atoms with van der Waals surface area (Å²) in [6.07, 6.45) is 0.745. The van der Waals surface area contributed by atoms with Crippen molar-refractivity contribution in [2.45, 2.75) is 6.42 Å². The molecule has 27 heavy (non-hydrogen) atoms. The van der Waals surface area contributed by atoms with E-state index in [1.165, 1.54) is 24.0 Å². The Morgan fingerprint density at radius 2 is 1.81 bits per heavy atom. The first-order chi connectivity index (χ1) is 13.0. The number of esters is 1. The molecule has 0 saturated heterocycles. The van der Waals surface area contributed by atoms with Crippen LogP contribution in [0.3, 0.4) is 0 Å². The zero-order valence-electron chi connectivity index (χ0n) is 14.5. The molecule has 7 heteroatoms. The molecule has 4 nitrogen and oxygen atoms in total. The van der Waals surface area contributed by atoms with Gasteiger partial charge in [-0.1, -0.05) is 30.3 Å². The zero-order chi connectivity index (χ0) is 19.2. The summed E-state index contributed by atoms with van der Waals surface area (Å²) >= 11 is 9.15. The quantitative estimate of drug-likeness (QED) is 0.269. The predicted octanol–water partition coefficient (Wildman–Crippen LogP) is 5.54. The summed E-state index contributed by atoms with van der Waals surface area (Å²) in [5.41, 5.74) is 2.55. The van der Waals surface area contributed by atoms with Crippen molar-refractivity contribution in [2.24, 2.45) is 0 Å². The smallest absolute Gasteiger partial charge is 0.340 e. The lowest BCUT2D eigenvalue weighted by Crippen LogP contribution is -2.19. The summed E-state index contributed by atoms with van der Waals surface area (Å²) in [5.74, 6) is -0.384. The number of methoxy groups -OCH3 is 1. The Hall–Kier alpha value is -1.97. The monoisotopic (exact) mass is 508 g/mol. The maximum atomic E-state index is 12.2. The number of nitrogens with one attached hydrogen (secondary N) is 2. The minimum atomic E-state index is -0.384. The second kappa shape index (κ2) is 9.29. The minimum absolute atomic E-state index is 0.384. The molecule has 0 aliphatic rings. The molecule has 3 aromatic rings. The molecular formula is C20H17IN2O2S2. The van der Waals surface area contributed by atoms with Crippen LogP contribution in [0, 0.1) is 3.57 Å². The molecule has 0 aliphatic heterocycles. The molecule has 0 saturated carbocycles. The Kier molecular flexibility index (Phi) is 6.81. The second-order valence-electron chi connectivity index (χ2n) is 5.70. The topological polar surface area (TPSA) is 50.4 Å². The minimum Gasteiger partial charge on any atom is -0.465 e. The Balaban J connectivity index is 1.77. The Morgan fingerprint density at radius 1 is 1.11 bits per heavy atom. The number of benzene rings is 2. The third-order valence-electron chi connectivity index (χ3n) is 3.74. The number of ether oxygens (including phenoxy) is 1. The van der Waals surface area contributed by atoms with Crippen molar-refractivity contribution in [3.63, 3.8) is 0 Å². The summed E-state index contributed by atoms with van der Waals surface area (Å²) in [4.78, 5) is 13.2. The van der Waals surface area contributed by atoms with E-state index in [-0.39, 0.29) is 5.97 Å². The van der Waals surface area contributed by atoms with Gasteiger partial charge in [-0.2, -0.15) is 0 Å². The van der Waals surface area contributed by atoms with Gasteiger partial charge in [0.15, 0.2) is 5.11 Å². The van der Waals surface area contributed by atoms with Crippen LogP contribution < -0.4 is 10.6 Å². The lowest BCUT2D eigenvalue weighted by molar-refractivity contribution is 0.0602. The van der Waals surface area contributed by atoms with E-state index in [0.717, 1.165) is 20.6 Å². The SMILES string of the molecule is COC(=O)c1cc(Cc2ccccc2)sc1NC(=S)Nc1ccc(I)cc1. The standard InChI is InChI=1S/C20H17IN2O2S2/c1-25-19(24)17-12-16(11-13-5-3-2-4-6-13)27-18(17)23-20(26)22-15-9-7-14(21)8-10-15/h2-10,12H,11H2,1H3,(H2,22,23,26). The molecule has 0 aliphatic carbocycles. The van der Waals surface area contributed by atoms with Crippen LogP contribution in [0.4, 0.5) is 10.7 Å². The van der Waals surface area contributed by atoms with Crippen molar-refractivity contribution < 1.29 is 9.53 Å². The van der Waals surface area contributed by atoms with E-state index in [9.17, 15) is 4.79 Å². The highest BCUT2D eigenvalue weighted by atomic mass is 127. The largest absolute Gasteiger partial charge is 0.465 e. The number of hydrogen-bond donors (Lipinski definition) is 2. The predicted molar refractivity (Wildman–Crippen MR) is 124 cm³/mol. The van der Waals surface area contributed by atoms with Crippen LogP contribution in [-0.2, 0) is 11.2 Å². The van der Waals surface area contributed by atoms with Gasteiger partial charge in [0.1, 0.15) is 5.00 Å². The van der Waals surface area contributed by atoms with Gasteiger partial charge in [-0.25, -0.2) is 4.79 Å². The molecule has 2 N–H and O–H groups in total. The molecule has 0 unspecified atom stereocenters. The molecule has 2 aromatic carbocycles. The van der Waals surface area contributed by atoms with E-state index in [1.54, 1.807) is 0 Å². The number of thiocarbonyl (C=S) groups is 1. The number of thiophene rings is 1. The molecule has 0 atom stereocenters. The first-order valence-corrected chi connectivity index (χ1v) is 10.4. The molecule has 3 rings (SSSR count). The normalized spacial score (nSPS) is 10.3. The van der Waals surface area contributed by atoms with Crippen molar-refractivity contribution in [1.82, 2.24) is 0 Å². The van der Waals surface area contributed by atoms with Crippen LogP contribution in [0.15, 0.2) is 60.7 Å². The maximum Gasteiger partial charge on any atom is 0.340 e. The lowest BCUT2D eigenvalue weighted by atomic mass is 10.1. The fourth-order valence-corrected chi connectivity index (χ4v) is 4.21. The highest BCUT2D eigenvalue weighted by Crippen LogP contribution is 2.30. The van der Waals surface area contributed by atoms with E-state index in [2.05, 4.69) is 45.4 Å². The van der Waals surface area contributed by atoms with Crippen molar-refractivity contribution >= 4 is 67.9 Å². The molecular weight excluding hydrogens is 491 g/mol. The summed E-state index contributed by atoms with van der Waals surface area (Å²) in [6, 6.07) is 19.9. The highest BCUT2D eigenvalue weighted by molar-refractivity contribution is 14.1. The van der Waals surface area contributed by atoms with E-state index in [1.807, 2.05) is 48.5 Å². The third kappa shape index (κ3) is 5.50. The summed E-state index contributed by atoms with van der Waals surface area (Å²) < 4.78 is 6.06. The number of carbonyl (C=O) groups excluding carboxylic acids is 1. The van der Waals surface area contributed by atoms with Gasteiger partial charge < -0.3 is 15.4 Å². The molecule has 1 aromatic heterocycles.